The molecule has 1 atom stereocenters. The standard InChI is InChI=1S/C26H30N6O3/c1-16(2)26(5,20-8-6-17(7-9-20)18-10-28-24(27)29-11-18)21-14-35-22(31-21)19-12-30-32(13-19)15-25(3,4)23(33)34/h6-14,16H,15H2,1-5H3,(H,33,34)(H2,27,28,29). The molecule has 0 bridgehead atoms. The molecule has 4 aromatic rings. The fourth-order valence-electron chi connectivity index (χ4n) is 3.95. The third-order valence-corrected chi connectivity index (χ3v) is 6.70. The number of carboxylic acid groups (broad SMARTS) is 1. The molecule has 0 saturated heterocycles. The number of rotatable bonds is 8. The third-order valence-electron chi connectivity index (χ3n) is 6.70. The van der Waals surface area contributed by atoms with Crippen molar-refractivity contribution in [2.75, 3.05) is 5.73 Å². The van der Waals surface area contributed by atoms with Gasteiger partial charge in [0.25, 0.3) is 0 Å². The first kappa shape index (κ1) is 24.1. The van der Waals surface area contributed by atoms with Crippen LogP contribution in [0.4, 0.5) is 5.95 Å². The summed E-state index contributed by atoms with van der Waals surface area (Å²) in [5.74, 6) is 0.0403. The van der Waals surface area contributed by atoms with Crippen LogP contribution < -0.4 is 5.73 Å². The highest BCUT2D eigenvalue weighted by Crippen LogP contribution is 2.40. The van der Waals surface area contributed by atoms with Crippen LogP contribution >= 0.6 is 0 Å². The van der Waals surface area contributed by atoms with Gasteiger partial charge >= 0.3 is 5.97 Å². The van der Waals surface area contributed by atoms with Gasteiger partial charge in [-0.25, -0.2) is 15.0 Å². The lowest BCUT2D eigenvalue weighted by Gasteiger charge is -2.32. The summed E-state index contributed by atoms with van der Waals surface area (Å²) in [6.45, 7) is 10.0. The minimum absolute atomic E-state index is 0.227. The Hall–Kier alpha value is -4.01. The SMILES string of the molecule is CC(C)C(C)(c1ccc(-c2cnc(N)nc2)cc1)c1coc(-c2cnn(CC(C)(C)C(=O)O)c2)n1. The highest BCUT2D eigenvalue weighted by Gasteiger charge is 2.36. The summed E-state index contributed by atoms with van der Waals surface area (Å²) in [6, 6.07) is 8.26. The Morgan fingerprint density at radius 2 is 1.71 bits per heavy atom. The van der Waals surface area contributed by atoms with Gasteiger partial charge < -0.3 is 15.3 Å². The number of benzene rings is 1. The van der Waals surface area contributed by atoms with E-state index in [1.165, 1.54) is 0 Å². The molecule has 0 saturated carbocycles. The zero-order valence-corrected chi connectivity index (χ0v) is 20.6. The van der Waals surface area contributed by atoms with Crippen molar-refractivity contribution in [2.45, 2.75) is 46.6 Å². The Labute approximate surface area is 204 Å². The van der Waals surface area contributed by atoms with Gasteiger partial charge in [-0.1, -0.05) is 38.1 Å². The van der Waals surface area contributed by atoms with Crippen molar-refractivity contribution in [1.29, 1.82) is 0 Å². The van der Waals surface area contributed by atoms with E-state index < -0.39 is 16.8 Å². The number of aromatic nitrogens is 5. The number of nitrogens with zero attached hydrogens (tertiary/aromatic N) is 5. The monoisotopic (exact) mass is 474 g/mol. The van der Waals surface area contributed by atoms with E-state index in [-0.39, 0.29) is 18.4 Å². The number of anilines is 1. The zero-order valence-electron chi connectivity index (χ0n) is 20.6. The van der Waals surface area contributed by atoms with E-state index in [0.717, 1.165) is 22.4 Å². The Bertz CT molecular complexity index is 1320. The molecule has 0 fully saturated rings. The molecule has 3 heterocycles. The van der Waals surface area contributed by atoms with Gasteiger partial charge in [-0.05, 0) is 37.8 Å². The van der Waals surface area contributed by atoms with Crippen LogP contribution in [0.1, 0.15) is 45.9 Å². The normalized spacial score (nSPS) is 13.7. The van der Waals surface area contributed by atoms with Crippen LogP contribution in [-0.2, 0) is 16.8 Å². The Morgan fingerprint density at radius 1 is 1.06 bits per heavy atom. The molecule has 0 radical (unpaired) electrons. The number of nitrogen functional groups attached to an aromatic ring is 1. The smallest absolute Gasteiger partial charge is 0.310 e. The molecule has 1 unspecified atom stereocenters. The van der Waals surface area contributed by atoms with Gasteiger partial charge in [0.05, 0.1) is 29.4 Å². The molecular weight excluding hydrogens is 444 g/mol. The number of aliphatic carboxylic acids is 1. The second-order valence-electron chi connectivity index (χ2n) is 9.92. The minimum atomic E-state index is -0.939. The predicted molar refractivity (Wildman–Crippen MR) is 132 cm³/mol. The average Bonchev–Trinajstić information content (AvgIpc) is 3.49. The molecule has 9 nitrogen and oxygen atoms in total. The molecular formula is C26H30N6O3. The van der Waals surface area contributed by atoms with E-state index in [2.05, 4.69) is 48.0 Å². The van der Waals surface area contributed by atoms with Crippen molar-refractivity contribution in [3.8, 4) is 22.6 Å². The van der Waals surface area contributed by atoms with Crippen molar-refractivity contribution >= 4 is 11.9 Å². The first-order valence-corrected chi connectivity index (χ1v) is 11.4. The molecule has 0 amide bonds. The molecule has 3 N–H and O–H groups in total. The van der Waals surface area contributed by atoms with Crippen LogP contribution in [0.2, 0.25) is 0 Å². The van der Waals surface area contributed by atoms with Crippen LogP contribution in [-0.4, -0.2) is 35.8 Å². The van der Waals surface area contributed by atoms with Gasteiger partial charge in [0.1, 0.15) is 6.26 Å². The van der Waals surface area contributed by atoms with Gasteiger partial charge in [0, 0.05) is 29.6 Å². The summed E-state index contributed by atoms with van der Waals surface area (Å²) >= 11 is 0. The number of nitrogens with two attached hydrogens (primary N) is 1. The van der Waals surface area contributed by atoms with Crippen LogP contribution in [0.5, 0.6) is 0 Å². The highest BCUT2D eigenvalue weighted by molar-refractivity contribution is 5.73. The van der Waals surface area contributed by atoms with E-state index in [1.54, 1.807) is 49.6 Å². The molecule has 0 aliphatic carbocycles. The van der Waals surface area contributed by atoms with Crippen LogP contribution in [0, 0.1) is 11.3 Å². The number of hydrogen-bond donors (Lipinski definition) is 2. The first-order valence-electron chi connectivity index (χ1n) is 11.4. The minimum Gasteiger partial charge on any atom is -0.481 e. The Kier molecular flexibility index (Phi) is 6.19. The maximum absolute atomic E-state index is 11.4. The molecule has 182 valence electrons. The second kappa shape index (κ2) is 8.98. The van der Waals surface area contributed by atoms with E-state index in [0.29, 0.717) is 11.5 Å². The second-order valence-corrected chi connectivity index (χ2v) is 9.92. The molecule has 4 rings (SSSR count). The average molecular weight is 475 g/mol. The predicted octanol–water partition coefficient (Wildman–Crippen LogP) is 4.65. The quantitative estimate of drug-likeness (QED) is 0.377. The van der Waals surface area contributed by atoms with Crippen molar-refractivity contribution in [2.24, 2.45) is 11.3 Å². The van der Waals surface area contributed by atoms with Crippen molar-refractivity contribution in [3.63, 3.8) is 0 Å². The molecule has 9 heteroatoms. The van der Waals surface area contributed by atoms with Crippen LogP contribution in [0.15, 0.2) is 59.7 Å². The Balaban J connectivity index is 1.62. The van der Waals surface area contributed by atoms with E-state index >= 15 is 0 Å². The van der Waals surface area contributed by atoms with Gasteiger partial charge in [-0.15, -0.1) is 0 Å². The first-order chi connectivity index (χ1) is 16.5. The summed E-state index contributed by atoms with van der Waals surface area (Å²) in [4.78, 5) is 24.4. The molecule has 35 heavy (non-hydrogen) atoms. The van der Waals surface area contributed by atoms with Crippen molar-refractivity contribution in [3.05, 3.63) is 66.6 Å². The van der Waals surface area contributed by atoms with Crippen molar-refractivity contribution in [1.82, 2.24) is 24.7 Å². The lowest BCUT2D eigenvalue weighted by molar-refractivity contribution is -0.147. The van der Waals surface area contributed by atoms with Crippen LogP contribution in [0.3, 0.4) is 0 Å². The fraction of sp³-hybridized carbons (Fsp3) is 0.346. The van der Waals surface area contributed by atoms with E-state index in [4.69, 9.17) is 15.1 Å². The molecule has 0 aliphatic heterocycles. The van der Waals surface area contributed by atoms with Crippen LogP contribution in [0.25, 0.3) is 22.6 Å². The number of hydrogen-bond acceptors (Lipinski definition) is 7. The van der Waals surface area contributed by atoms with E-state index in [9.17, 15) is 9.90 Å². The van der Waals surface area contributed by atoms with Gasteiger partial charge in [-0.2, -0.15) is 5.10 Å². The lowest BCUT2D eigenvalue weighted by atomic mass is 9.71. The Morgan fingerprint density at radius 3 is 2.31 bits per heavy atom. The maximum Gasteiger partial charge on any atom is 0.310 e. The molecule has 1 aromatic carbocycles. The molecule has 0 spiro atoms. The topological polar surface area (TPSA) is 133 Å². The number of carbonyl (C=O) groups is 1. The summed E-state index contributed by atoms with van der Waals surface area (Å²) in [6.07, 6.45) is 8.51. The number of carboxylic acids is 1. The fourth-order valence-corrected chi connectivity index (χ4v) is 3.95. The summed E-state index contributed by atoms with van der Waals surface area (Å²) in [5, 5.41) is 13.7. The van der Waals surface area contributed by atoms with E-state index in [1.807, 2.05) is 12.1 Å². The van der Waals surface area contributed by atoms with Gasteiger partial charge in [0.15, 0.2) is 0 Å². The zero-order chi connectivity index (χ0) is 25.4. The summed E-state index contributed by atoms with van der Waals surface area (Å²) in [7, 11) is 0. The summed E-state index contributed by atoms with van der Waals surface area (Å²) in [5.41, 5.74) is 8.76. The number of oxazole rings is 1. The summed E-state index contributed by atoms with van der Waals surface area (Å²) < 4.78 is 7.46. The molecule has 3 aromatic heterocycles. The lowest BCUT2D eigenvalue weighted by Crippen LogP contribution is -2.30. The van der Waals surface area contributed by atoms with Crippen molar-refractivity contribution < 1.29 is 14.3 Å². The maximum atomic E-state index is 11.4. The van der Waals surface area contributed by atoms with Gasteiger partial charge in [0.2, 0.25) is 11.8 Å². The highest BCUT2D eigenvalue weighted by atomic mass is 16.4. The van der Waals surface area contributed by atoms with Gasteiger partial charge in [-0.3, -0.25) is 9.48 Å². The molecule has 0 aliphatic rings. The third kappa shape index (κ3) is 4.66. The largest absolute Gasteiger partial charge is 0.481 e.